The van der Waals surface area contributed by atoms with Crippen LogP contribution >= 0.6 is 0 Å². The highest BCUT2D eigenvalue weighted by molar-refractivity contribution is 5.35. The van der Waals surface area contributed by atoms with Crippen LogP contribution in [0.5, 0.6) is 0 Å². The molecule has 0 aromatic heterocycles. The van der Waals surface area contributed by atoms with E-state index in [1.165, 1.54) is 108 Å². The zero-order valence-electron chi connectivity index (χ0n) is 34.0. The Kier molecular flexibility index (Phi) is 10.4. The molecule has 0 heteroatoms. The van der Waals surface area contributed by atoms with Crippen LogP contribution in [0.15, 0.2) is 24.3 Å². The van der Waals surface area contributed by atoms with Gasteiger partial charge in [-0.3, -0.25) is 0 Å². The monoisotopic (exact) mass is 645 g/mol. The van der Waals surface area contributed by atoms with Gasteiger partial charge in [0.25, 0.3) is 0 Å². The molecule has 4 fully saturated rings. The van der Waals surface area contributed by atoms with Gasteiger partial charge in [-0.1, -0.05) is 164 Å². The number of hydrogen-bond acceptors (Lipinski definition) is 0. The van der Waals surface area contributed by atoms with Crippen LogP contribution in [0.4, 0.5) is 0 Å². The fourth-order valence-corrected chi connectivity index (χ4v) is 14.6. The lowest BCUT2D eigenvalue weighted by atomic mass is 9.29. The molecule has 1 aromatic rings. The summed E-state index contributed by atoms with van der Waals surface area (Å²) in [5.74, 6) is 3.98. The Morgan fingerprint density at radius 1 is 0.489 bits per heavy atom. The highest BCUT2D eigenvalue weighted by Crippen LogP contribution is 2.78. The maximum Gasteiger partial charge on any atom is 0.00353 e. The number of rotatable bonds is 4. The van der Waals surface area contributed by atoms with Crippen molar-refractivity contribution in [1.29, 1.82) is 0 Å². The van der Waals surface area contributed by atoms with Gasteiger partial charge >= 0.3 is 0 Å². The fourth-order valence-electron chi connectivity index (χ4n) is 14.6. The molecule has 5 rings (SSSR count). The Labute approximate surface area is 294 Å². The van der Waals surface area contributed by atoms with E-state index in [1.807, 2.05) is 0 Å². The van der Waals surface area contributed by atoms with Crippen molar-refractivity contribution >= 4 is 0 Å². The molecular weight excluding hydrogens is 565 g/mol. The summed E-state index contributed by atoms with van der Waals surface area (Å²) in [5, 5.41) is 0. The second kappa shape index (κ2) is 13.1. The highest BCUT2D eigenvalue weighted by atomic mass is 14.8. The van der Waals surface area contributed by atoms with E-state index in [0.29, 0.717) is 21.7 Å². The van der Waals surface area contributed by atoms with Gasteiger partial charge < -0.3 is 0 Å². The molecule has 268 valence electrons. The average Bonchev–Trinajstić information content (AvgIpc) is 2.99. The molecule has 0 aliphatic heterocycles. The van der Waals surface area contributed by atoms with E-state index < -0.39 is 0 Å². The topological polar surface area (TPSA) is 0 Å². The van der Waals surface area contributed by atoms with Gasteiger partial charge in [-0.15, -0.1) is 0 Å². The zero-order valence-corrected chi connectivity index (χ0v) is 34.0. The van der Waals surface area contributed by atoms with Crippen LogP contribution < -0.4 is 0 Å². The van der Waals surface area contributed by atoms with Crippen LogP contribution in [0.3, 0.4) is 0 Å². The van der Waals surface area contributed by atoms with Crippen LogP contribution in [-0.2, 0) is 5.41 Å². The third kappa shape index (κ3) is 6.15. The molecule has 0 bridgehead atoms. The molecule has 0 N–H and O–H groups in total. The second-order valence-electron chi connectivity index (χ2n) is 22.1. The SMILES string of the molecule is Cc1ccc([C@]2(C(C)(C)C)CCCCC2[C@]2(C3CCCCC3C(C)(C)C)CCCCC2(C2CCCCC2C(C)(C)C)C(C)(C)C)cc1. The van der Waals surface area contributed by atoms with Crippen LogP contribution in [0.2, 0.25) is 0 Å². The van der Waals surface area contributed by atoms with Crippen molar-refractivity contribution in [2.24, 2.45) is 62.1 Å². The molecular formula is C47H80. The van der Waals surface area contributed by atoms with Gasteiger partial charge in [0.2, 0.25) is 0 Å². The quantitative estimate of drug-likeness (QED) is 0.306. The molecule has 4 aliphatic carbocycles. The Balaban J connectivity index is 1.93. The van der Waals surface area contributed by atoms with E-state index in [9.17, 15) is 0 Å². The summed E-state index contributed by atoms with van der Waals surface area (Å²) in [5.41, 5.74) is 5.13. The lowest BCUT2D eigenvalue weighted by Crippen LogP contribution is -2.70. The summed E-state index contributed by atoms with van der Waals surface area (Å²) in [6, 6.07) is 10.2. The molecule has 1 aromatic carbocycles. The van der Waals surface area contributed by atoms with E-state index in [-0.39, 0.29) is 16.2 Å². The Hall–Kier alpha value is -0.780. The first-order valence-corrected chi connectivity index (χ1v) is 20.8. The highest BCUT2D eigenvalue weighted by Gasteiger charge is 2.72. The average molecular weight is 645 g/mol. The van der Waals surface area contributed by atoms with Crippen molar-refractivity contribution in [3.8, 4) is 0 Å². The molecule has 0 heterocycles. The van der Waals surface area contributed by atoms with Gasteiger partial charge in [-0.2, -0.15) is 0 Å². The third-order valence-electron chi connectivity index (χ3n) is 16.1. The van der Waals surface area contributed by atoms with Gasteiger partial charge in [0.05, 0.1) is 0 Å². The summed E-state index contributed by atoms with van der Waals surface area (Å²) in [6.07, 6.45) is 23.1. The predicted molar refractivity (Wildman–Crippen MR) is 207 cm³/mol. The van der Waals surface area contributed by atoms with Crippen molar-refractivity contribution in [2.75, 3.05) is 0 Å². The first-order valence-electron chi connectivity index (χ1n) is 20.8. The van der Waals surface area contributed by atoms with Crippen LogP contribution in [0.1, 0.15) is 197 Å². The van der Waals surface area contributed by atoms with Gasteiger partial charge in [0.15, 0.2) is 0 Å². The number of aryl methyl sites for hydroxylation is 1. The third-order valence-corrected chi connectivity index (χ3v) is 16.1. The maximum absolute atomic E-state index is 2.77. The van der Waals surface area contributed by atoms with E-state index in [2.05, 4.69) is 114 Å². The van der Waals surface area contributed by atoms with Crippen LogP contribution in [0.25, 0.3) is 0 Å². The van der Waals surface area contributed by atoms with Gasteiger partial charge in [-0.25, -0.2) is 0 Å². The van der Waals surface area contributed by atoms with Crippen LogP contribution in [0, 0.1) is 69.0 Å². The smallest absolute Gasteiger partial charge is 0.00353 e. The first kappa shape index (κ1) is 37.5. The van der Waals surface area contributed by atoms with Gasteiger partial charge in [0, 0.05) is 5.41 Å². The minimum Gasteiger partial charge on any atom is -0.0599 e. The van der Waals surface area contributed by atoms with Gasteiger partial charge in [-0.05, 0) is 126 Å². The van der Waals surface area contributed by atoms with Crippen molar-refractivity contribution in [3.63, 3.8) is 0 Å². The number of hydrogen-bond donors (Lipinski definition) is 0. The standard InChI is InChI=1S/C47H80/c1-34-27-29-35(30-28-34)45(43(8,9)10)31-19-18-26-40(45)46(38-24-16-14-22-36(38)41(2,3)4)32-20-21-33-47(46,44(11,12)13)39-25-17-15-23-37(39)42(5,6)7/h27-30,36-40H,14-26,31-33H2,1-13H3/t36?,37?,38?,39?,40?,45-,46-,47?/m1/s1. The normalized spacial score (nSPS) is 38.3. The lowest BCUT2D eigenvalue weighted by molar-refractivity contribution is -0.262. The van der Waals surface area contributed by atoms with Gasteiger partial charge in [0.1, 0.15) is 0 Å². The molecule has 6 unspecified atom stereocenters. The summed E-state index contributed by atoms with van der Waals surface area (Å²) in [4.78, 5) is 0. The van der Waals surface area contributed by atoms with E-state index in [4.69, 9.17) is 0 Å². The largest absolute Gasteiger partial charge is 0.0599 e. The molecule has 8 atom stereocenters. The van der Waals surface area contributed by atoms with Crippen molar-refractivity contribution in [3.05, 3.63) is 35.4 Å². The summed E-state index contributed by atoms with van der Waals surface area (Å²) in [7, 11) is 0. The molecule has 0 radical (unpaired) electrons. The van der Waals surface area contributed by atoms with Crippen molar-refractivity contribution in [1.82, 2.24) is 0 Å². The Morgan fingerprint density at radius 2 is 0.957 bits per heavy atom. The van der Waals surface area contributed by atoms with Crippen LogP contribution in [-0.4, -0.2) is 0 Å². The molecule has 4 saturated carbocycles. The number of benzene rings is 1. The molecule has 0 amide bonds. The molecule has 0 saturated heterocycles. The lowest BCUT2D eigenvalue weighted by Gasteiger charge is -2.75. The molecule has 47 heavy (non-hydrogen) atoms. The maximum atomic E-state index is 2.77. The van der Waals surface area contributed by atoms with Crippen molar-refractivity contribution < 1.29 is 0 Å². The first-order chi connectivity index (χ1) is 21.7. The zero-order chi connectivity index (χ0) is 34.7. The van der Waals surface area contributed by atoms with E-state index in [0.717, 1.165) is 29.6 Å². The molecule has 4 aliphatic rings. The minimum atomic E-state index is 0.193. The van der Waals surface area contributed by atoms with Crippen molar-refractivity contribution in [2.45, 2.75) is 198 Å². The van der Waals surface area contributed by atoms with E-state index >= 15 is 0 Å². The van der Waals surface area contributed by atoms with E-state index in [1.54, 1.807) is 5.56 Å². The summed E-state index contributed by atoms with van der Waals surface area (Å²) < 4.78 is 0. The molecule has 0 nitrogen and oxygen atoms in total. The summed E-state index contributed by atoms with van der Waals surface area (Å²) >= 11 is 0. The summed E-state index contributed by atoms with van der Waals surface area (Å²) in [6.45, 7) is 34.4. The Bertz CT molecular complexity index is 1170. The predicted octanol–water partition coefficient (Wildman–Crippen LogP) is 14.8. The minimum absolute atomic E-state index is 0.193. The molecule has 0 spiro atoms. The second-order valence-corrected chi connectivity index (χ2v) is 22.1. The Morgan fingerprint density at radius 3 is 1.49 bits per heavy atom. The fraction of sp³-hybridized carbons (Fsp3) is 0.872.